The SMILES string of the molecule is CCOC(=O)Oc1ccc2c3c1O[C@H]1C(=O)C=C[C@@]4(O)[C@@H](C2)N(C(=O)OCC)CC[C@]314. The number of nitrogens with zero attached hydrogens (tertiary/aromatic N) is 1. The largest absolute Gasteiger partial charge is 0.513 e. The minimum absolute atomic E-state index is 0.141. The van der Waals surface area contributed by atoms with E-state index in [4.69, 9.17) is 18.9 Å². The molecule has 5 rings (SSSR count). The van der Waals surface area contributed by atoms with Crippen molar-refractivity contribution in [1.29, 1.82) is 0 Å². The molecule has 2 bridgehead atoms. The summed E-state index contributed by atoms with van der Waals surface area (Å²) in [6.07, 6.45) is 1.09. The normalized spacial score (nSPS) is 31.6. The highest BCUT2D eigenvalue weighted by Gasteiger charge is 2.72. The molecule has 1 aromatic rings. The van der Waals surface area contributed by atoms with E-state index in [0.717, 1.165) is 5.56 Å². The van der Waals surface area contributed by atoms with Crippen molar-refractivity contribution >= 4 is 18.0 Å². The van der Waals surface area contributed by atoms with Gasteiger partial charge in [-0.2, -0.15) is 0 Å². The molecule has 2 aliphatic carbocycles. The fraction of sp³-hybridized carbons (Fsp3) is 0.500. The molecule has 1 spiro atoms. The lowest BCUT2D eigenvalue weighted by Crippen LogP contribution is -2.75. The molecule has 9 heteroatoms. The number of rotatable bonds is 3. The third kappa shape index (κ3) is 2.43. The molecule has 4 atom stereocenters. The number of amides is 1. The zero-order chi connectivity index (χ0) is 22.0. The Morgan fingerprint density at radius 1 is 1.26 bits per heavy atom. The zero-order valence-corrected chi connectivity index (χ0v) is 17.3. The van der Waals surface area contributed by atoms with Gasteiger partial charge in [-0.3, -0.25) is 4.79 Å². The van der Waals surface area contributed by atoms with Gasteiger partial charge in [0.15, 0.2) is 23.4 Å². The van der Waals surface area contributed by atoms with E-state index in [1.807, 2.05) is 0 Å². The van der Waals surface area contributed by atoms with Gasteiger partial charge in [0, 0.05) is 12.1 Å². The van der Waals surface area contributed by atoms with Crippen LogP contribution in [-0.2, 0) is 26.1 Å². The third-order valence-electron chi connectivity index (χ3n) is 6.81. The number of ether oxygens (including phenoxy) is 4. The number of aliphatic hydroxyl groups is 1. The van der Waals surface area contributed by atoms with E-state index in [-0.39, 0.29) is 30.5 Å². The smallest absolute Gasteiger partial charge is 0.477 e. The van der Waals surface area contributed by atoms with Crippen molar-refractivity contribution in [3.63, 3.8) is 0 Å². The molecular weight excluding hydrogens is 406 g/mol. The molecule has 0 aromatic heterocycles. The van der Waals surface area contributed by atoms with Crippen molar-refractivity contribution in [2.24, 2.45) is 0 Å². The molecule has 1 saturated heterocycles. The van der Waals surface area contributed by atoms with Crippen LogP contribution in [0.5, 0.6) is 11.5 Å². The fourth-order valence-electron chi connectivity index (χ4n) is 5.66. The molecule has 1 fully saturated rings. The summed E-state index contributed by atoms with van der Waals surface area (Å²) in [5.41, 5.74) is -1.11. The Morgan fingerprint density at radius 3 is 2.77 bits per heavy atom. The molecule has 0 radical (unpaired) electrons. The molecule has 2 heterocycles. The van der Waals surface area contributed by atoms with E-state index < -0.39 is 35.4 Å². The van der Waals surface area contributed by atoms with Gasteiger partial charge in [-0.1, -0.05) is 6.07 Å². The third-order valence-corrected chi connectivity index (χ3v) is 6.81. The van der Waals surface area contributed by atoms with Gasteiger partial charge in [0.25, 0.3) is 0 Å². The topological polar surface area (TPSA) is 112 Å². The van der Waals surface area contributed by atoms with Gasteiger partial charge in [0.05, 0.1) is 24.7 Å². The molecule has 4 aliphatic rings. The summed E-state index contributed by atoms with van der Waals surface area (Å²) in [6, 6.07) is 2.75. The number of carbonyl (C=O) groups is 3. The van der Waals surface area contributed by atoms with Crippen LogP contribution in [0, 0.1) is 0 Å². The van der Waals surface area contributed by atoms with Gasteiger partial charge in [-0.15, -0.1) is 0 Å². The molecular formula is C22H23NO8. The summed E-state index contributed by atoms with van der Waals surface area (Å²) in [5.74, 6) is 0.135. The highest BCUT2D eigenvalue weighted by atomic mass is 16.7. The van der Waals surface area contributed by atoms with Crippen molar-refractivity contribution in [1.82, 2.24) is 4.90 Å². The summed E-state index contributed by atoms with van der Waals surface area (Å²) < 4.78 is 21.5. The Morgan fingerprint density at radius 2 is 2.03 bits per heavy atom. The van der Waals surface area contributed by atoms with Crippen LogP contribution in [0.15, 0.2) is 24.3 Å². The molecule has 0 saturated carbocycles. The predicted molar refractivity (Wildman–Crippen MR) is 105 cm³/mol. The molecule has 2 aliphatic heterocycles. The second kappa shape index (κ2) is 6.71. The monoisotopic (exact) mass is 429 g/mol. The summed E-state index contributed by atoms with van der Waals surface area (Å²) in [5, 5.41) is 12.0. The standard InChI is InChI=1S/C22H23NO8/c1-3-28-19(25)23-10-9-21-16-12-5-6-14(30-20(26)29-4-2)17(16)31-18(21)13(24)7-8-22(21,27)15(23)11-12/h5-8,15,18,27H,3-4,9-11H2,1-2H3/t15-,18+,21+,22-/m1/s1. The van der Waals surface area contributed by atoms with E-state index in [0.29, 0.717) is 24.9 Å². The highest BCUT2D eigenvalue weighted by Crippen LogP contribution is 2.63. The molecule has 0 unspecified atom stereocenters. The number of piperidine rings is 1. The number of likely N-dealkylation sites (tertiary alicyclic amines) is 1. The van der Waals surface area contributed by atoms with Gasteiger partial charge in [0.2, 0.25) is 0 Å². The quantitative estimate of drug-likeness (QED) is 0.573. The van der Waals surface area contributed by atoms with Crippen LogP contribution in [-0.4, -0.2) is 65.5 Å². The first-order chi connectivity index (χ1) is 14.9. The summed E-state index contributed by atoms with van der Waals surface area (Å²) in [6.45, 7) is 4.07. The van der Waals surface area contributed by atoms with Crippen LogP contribution in [0.3, 0.4) is 0 Å². The van der Waals surface area contributed by atoms with Crippen LogP contribution in [0.2, 0.25) is 0 Å². The Kier molecular flexibility index (Phi) is 4.30. The first-order valence-corrected chi connectivity index (χ1v) is 10.4. The predicted octanol–water partition coefficient (Wildman–Crippen LogP) is 1.88. The molecule has 31 heavy (non-hydrogen) atoms. The van der Waals surface area contributed by atoms with Crippen molar-refractivity contribution < 1.29 is 38.4 Å². The average Bonchev–Trinajstić information content (AvgIpc) is 3.08. The lowest BCUT2D eigenvalue weighted by molar-refractivity contribution is -0.150. The first-order valence-electron chi connectivity index (χ1n) is 10.4. The van der Waals surface area contributed by atoms with Crippen molar-refractivity contribution in [2.45, 2.75) is 49.9 Å². The lowest BCUT2D eigenvalue weighted by Gasteiger charge is -2.60. The maximum absolute atomic E-state index is 12.9. The number of ketones is 1. The Balaban J connectivity index is 1.67. The van der Waals surface area contributed by atoms with Crippen LogP contribution < -0.4 is 9.47 Å². The molecule has 1 amide bonds. The first kappa shape index (κ1) is 19.9. The Bertz CT molecular complexity index is 1020. The number of hydrogen-bond acceptors (Lipinski definition) is 8. The van der Waals surface area contributed by atoms with E-state index in [9.17, 15) is 19.5 Å². The van der Waals surface area contributed by atoms with E-state index >= 15 is 0 Å². The van der Waals surface area contributed by atoms with Crippen LogP contribution in [0.1, 0.15) is 31.4 Å². The molecule has 164 valence electrons. The van der Waals surface area contributed by atoms with Gasteiger partial charge in [0.1, 0.15) is 5.60 Å². The van der Waals surface area contributed by atoms with Gasteiger partial charge in [-0.25, -0.2) is 9.59 Å². The van der Waals surface area contributed by atoms with Crippen molar-refractivity contribution in [3.8, 4) is 11.5 Å². The maximum atomic E-state index is 12.9. The minimum Gasteiger partial charge on any atom is -0.477 e. The van der Waals surface area contributed by atoms with E-state index in [1.54, 1.807) is 26.0 Å². The van der Waals surface area contributed by atoms with E-state index in [1.165, 1.54) is 17.1 Å². The average molecular weight is 429 g/mol. The molecule has 1 N–H and O–H groups in total. The number of benzene rings is 1. The van der Waals surface area contributed by atoms with Gasteiger partial charge >= 0.3 is 12.2 Å². The van der Waals surface area contributed by atoms with E-state index in [2.05, 4.69) is 0 Å². The lowest BCUT2D eigenvalue weighted by atomic mass is 9.51. The minimum atomic E-state index is -1.53. The summed E-state index contributed by atoms with van der Waals surface area (Å²) in [7, 11) is 0. The molecule has 9 nitrogen and oxygen atoms in total. The van der Waals surface area contributed by atoms with Crippen LogP contribution >= 0.6 is 0 Å². The Labute approximate surface area is 178 Å². The summed E-state index contributed by atoms with van der Waals surface area (Å²) in [4.78, 5) is 38.9. The zero-order valence-electron chi connectivity index (χ0n) is 17.3. The second-order valence-corrected chi connectivity index (χ2v) is 8.10. The maximum Gasteiger partial charge on any atom is 0.513 e. The fourth-order valence-corrected chi connectivity index (χ4v) is 5.66. The highest BCUT2D eigenvalue weighted by molar-refractivity contribution is 5.99. The van der Waals surface area contributed by atoms with Crippen LogP contribution in [0.25, 0.3) is 0 Å². The van der Waals surface area contributed by atoms with Crippen molar-refractivity contribution in [2.75, 3.05) is 19.8 Å². The van der Waals surface area contributed by atoms with Crippen LogP contribution in [0.4, 0.5) is 9.59 Å². The Hall–Kier alpha value is -3.07. The van der Waals surface area contributed by atoms with Gasteiger partial charge in [-0.05, 0) is 50.5 Å². The number of carbonyl (C=O) groups excluding carboxylic acids is 3. The second-order valence-electron chi connectivity index (χ2n) is 8.10. The van der Waals surface area contributed by atoms with Crippen molar-refractivity contribution in [3.05, 3.63) is 35.4 Å². The number of hydrogen-bond donors (Lipinski definition) is 1. The van der Waals surface area contributed by atoms with Gasteiger partial charge < -0.3 is 29.0 Å². The summed E-state index contributed by atoms with van der Waals surface area (Å²) >= 11 is 0. The molecule has 1 aromatic carbocycles.